The number of nitrogens with two attached hydrogens (primary N) is 1. The van der Waals surface area contributed by atoms with Crippen LogP contribution in [0.1, 0.15) is 11.3 Å². The molecule has 0 fully saturated rings. The fraction of sp³-hybridized carbons (Fsp3) is 0.154. The van der Waals surface area contributed by atoms with Crippen molar-refractivity contribution in [3.05, 3.63) is 59.9 Å². The minimum atomic E-state index is -3.61. The van der Waals surface area contributed by atoms with E-state index in [9.17, 15) is 8.42 Å². The summed E-state index contributed by atoms with van der Waals surface area (Å²) < 4.78 is 22.2. The molecule has 19 heavy (non-hydrogen) atoms. The third-order valence-corrected chi connectivity index (χ3v) is 3.54. The molecule has 5 nitrogen and oxygen atoms in total. The van der Waals surface area contributed by atoms with Crippen LogP contribution in [0.25, 0.3) is 0 Å². The molecule has 0 unspecified atom stereocenters. The molecule has 0 aliphatic heterocycles. The number of benzene rings is 1. The van der Waals surface area contributed by atoms with Crippen LogP contribution in [0.5, 0.6) is 0 Å². The summed E-state index contributed by atoms with van der Waals surface area (Å²) in [5.74, 6) is 0. The lowest BCUT2D eigenvalue weighted by Crippen LogP contribution is -2.14. The standard InChI is InChI=1S/C13H15N3O2S/c14-19(17,18)13-6-4-11(5-7-13)9-15-10-12-3-1-2-8-16-12/h1-8,15H,9-10H2,(H2,14,17,18). The van der Waals surface area contributed by atoms with E-state index in [1.54, 1.807) is 18.3 Å². The molecule has 2 rings (SSSR count). The van der Waals surface area contributed by atoms with Crippen molar-refractivity contribution in [1.29, 1.82) is 0 Å². The molecule has 0 saturated heterocycles. The van der Waals surface area contributed by atoms with Crippen molar-refractivity contribution >= 4 is 10.0 Å². The molecule has 0 atom stereocenters. The monoisotopic (exact) mass is 277 g/mol. The Bertz CT molecular complexity index is 625. The fourth-order valence-corrected chi connectivity index (χ4v) is 2.15. The summed E-state index contributed by atoms with van der Waals surface area (Å²) in [6, 6.07) is 12.2. The van der Waals surface area contributed by atoms with Crippen LogP contribution in [0.4, 0.5) is 0 Å². The normalized spacial score (nSPS) is 11.4. The van der Waals surface area contributed by atoms with Crippen LogP contribution >= 0.6 is 0 Å². The highest BCUT2D eigenvalue weighted by atomic mass is 32.2. The highest BCUT2D eigenvalue weighted by molar-refractivity contribution is 7.89. The maximum absolute atomic E-state index is 11.1. The van der Waals surface area contributed by atoms with Crippen LogP contribution in [-0.4, -0.2) is 13.4 Å². The van der Waals surface area contributed by atoms with E-state index in [1.165, 1.54) is 12.1 Å². The van der Waals surface area contributed by atoms with E-state index in [-0.39, 0.29) is 4.90 Å². The SMILES string of the molecule is NS(=O)(=O)c1ccc(CNCc2ccccn2)cc1. The van der Waals surface area contributed by atoms with Crippen LogP contribution in [0, 0.1) is 0 Å². The van der Waals surface area contributed by atoms with Gasteiger partial charge in [-0.2, -0.15) is 0 Å². The van der Waals surface area contributed by atoms with Crippen molar-refractivity contribution < 1.29 is 8.42 Å². The molecule has 0 bridgehead atoms. The summed E-state index contributed by atoms with van der Waals surface area (Å²) in [5.41, 5.74) is 1.95. The van der Waals surface area contributed by atoms with Crippen molar-refractivity contribution in [2.75, 3.05) is 0 Å². The van der Waals surface area contributed by atoms with Crippen molar-refractivity contribution in [3.8, 4) is 0 Å². The van der Waals surface area contributed by atoms with E-state index < -0.39 is 10.0 Å². The van der Waals surface area contributed by atoms with Gasteiger partial charge in [-0.3, -0.25) is 4.98 Å². The molecule has 0 amide bonds. The Hall–Kier alpha value is -1.76. The highest BCUT2D eigenvalue weighted by Crippen LogP contribution is 2.08. The lowest BCUT2D eigenvalue weighted by Gasteiger charge is -2.05. The van der Waals surface area contributed by atoms with Gasteiger partial charge in [-0.05, 0) is 29.8 Å². The largest absolute Gasteiger partial charge is 0.307 e. The van der Waals surface area contributed by atoms with Gasteiger partial charge in [-0.1, -0.05) is 18.2 Å². The third kappa shape index (κ3) is 4.13. The molecule has 1 aromatic carbocycles. The molecule has 1 heterocycles. The van der Waals surface area contributed by atoms with Crippen LogP contribution in [0.2, 0.25) is 0 Å². The Kier molecular flexibility index (Phi) is 4.26. The van der Waals surface area contributed by atoms with Gasteiger partial charge >= 0.3 is 0 Å². The number of pyridine rings is 1. The van der Waals surface area contributed by atoms with Gasteiger partial charge in [0.05, 0.1) is 10.6 Å². The Morgan fingerprint density at radius 2 is 1.79 bits per heavy atom. The fourth-order valence-electron chi connectivity index (χ4n) is 1.63. The second kappa shape index (κ2) is 5.92. The van der Waals surface area contributed by atoms with E-state index in [1.807, 2.05) is 18.2 Å². The summed E-state index contributed by atoms with van der Waals surface area (Å²) in [4.78, 5) is 4.32. The van der Waals surface area contributed by atoms with E-state index >= 15 is 0 Å². The summed E-state index contributed by atoms with van der Waals surface area (Å²) >= 11 is 0. The summed E-state index contributed by atoms with van der Waals surface area (Å²) in [7, 11) is -3.61. The highest BCUT2D eigenvalue weighted by Gasteiger charge is 2.06. The van der Waals surface area contributed by atoms with Crippen LogP contribution in [0.3, 0.4) is 0 Å². The van der Waals surface area contributed by atoms with Gasteiger partial charge in [0.25, 0.3) is 0 Å². The summed E-state index contributed by atoms with van der Waals surface area (Å²) in [6.07, 6.45) is 1.75. The minimum absolute atomic E-state index is 0.126. The van der Waals surface area contributed by atoms with Crippen molar-refractivity contribution in [2.45, 2.75) is 18.0 Å². The number of nitrogens with one attached hydrogen (secondary N) is 1. The zero-order valence-corrected chi connectivity index (χ0v) is 11.1. The van der Waals surface area contributed by atoms with Crippen LogP contribution in [-0.2, 0) is 23.1 Å². The third-order valence-electron chi connectivity index (χ3n) is 2.61. The van der Waals surface area contributed by atoms with Gasteiger partial charge in [0.1, 0.15) is 0 Å². The van der Waals surface area contributed by atoms with E-state index in [2.05, 4.69) is 10.3 Å². The molecule has 0 saturated carbocycles. The maximum atomic E-state index is 11.1. The van der Waals surface area contributed by atoms with Gasteiger partial charge < -0.3 is 5.32 Å². The smallest absolute Gasteiger partial charge is 0.238 e. The second-order valence-electron chi connectivity index (χ2n) is 4.11. The Morgan fingerprint density at radius 1 is 1.05 bits per heavy atom. The Balaban J connectivity index is 1.90. The molecule has 0 aliphatic rings. The van der Waals surface area contributed by atoms with Crippen molar-refractivity contribution in [2.24, 2.45) is 5.14 Å². The molecule has 2 aromatic rings. The number of hydrogen-bond acceptors (Lipinski definition) is 4. The second-order valence-corrected chi connectivity index (χ2v) is 5.68. The average molecular weight is 277 g/mol. The Labute approximate surface area is 112 Å². The van der Waals surface area contributed by atoms with Gasteiger partial charge in [-0.25, -0.2) is 13.6 Å². The predicted octanol–water partition coefficient (Wildman–Crippen LogP) is 1.02. The number of sulfonamides is 1. The first-order chi connectivity index (χ1) is 9.05. The molecular weight excluding hydrogens is 262 g/mol. The first-order valence-corrected chi connectivity index (χ1v) is 7.33. The number of rotatable bonds is 5. The topological polar surface area (TPSA) is 85.1 Å². The summed E-state index contributed by atoms with van der Waals surface area (Å²) in [5, 5.41) is 8.26. The first-order valence-electron chi connectivity index (χ1n) is 5.78. The van der Waals surface area contributed by atoms with Crippen molar-refractivity contribution in [3.63, 3.8) is 0 Å². The van der Waals surface area contributed by atoms with Gasteiger partial charge in [0, 0.05) is 19.3 Å². The number of hydrogen-bond donors (Lipinski definition) is 2. The molecule has 3 N–H and O–H groups in total. The van der Waals surface area contributed by atoms with Gasteiger partial charge in [-0.15, -0.1) is 0 Å². The molecule has 1 aromatic heterocycles. The number of primary sulfonamides is 1. The van der Waals surface area contributed by atoms with Gasteiger partial charge in [0.2, 0.25) is 10.0 Å². The number of nitrogens with zero attached hydrogens (tertiary/aromatic N) is 1. The van der Waals surface area contributed by atoms with Crippen LogP contribution in [0.15, 0.2) is 53.6 Å². The summed E-state index contributed by atoms with van der Waals surface area (Å²) in [6.45, 7) is 1.30. The van der Waals surface area contributed by atoms with Crippen molar-refractivity contribution in [1.82, 2.24) is 10.3 Å². The molecule has 0 aliphatic carbocycles. The molecule has 100 valence electrons. The van der Waals surface area contributed by atoms with E-state index in [4.69, 9.17) is 5.14 Å². The Morgan fingerprint density at radius 3 is 2.37 bits per heavy atom. The lowest BCUT2D eigenvalue weighted by molar-refractivity contribution is 0.597. The maximum Gasteiger partial charge on any atom is 0.238 e. The molecule has 0 radical (unpaired) electrons. The number of aromatic nitrogens is 1. The van der Waals surface area contributed by atoms with E-state index in [0.717, 1.165) is 11.3 Å². The molecule has 6 heteroatoms. The molecule has 0 spiro atoms. The molecular formula is C13H15N3O2S. The average Bonchev–Trinajstić information content (AvgIpc) is 2.39. The quantitative estimate of drug-likeness (QED) is 0.854. The first kappa shape index (κ1) is 13.7. The predicted molar refractivity (Wildman–Crippen MR) is 72.6 cm³/mol. The lowest BCUT2D eigenvalue weighted by atomic mass is 10.2. The zero-order chi connectivity index (χ0) is 13.7. The zero-order valence-electron chi connectivity index (χ0n) is 10.3. The minimum Gasteiger partial charge on any atom is -0.307 e. The van der Waals surface area contributed by atoms with Gasteiger partial charge in [0.15, 0.2) is 0 Å². The van der Waals surface area contributed by atoms with E-state index in [0.29, 0.717) is 13.1 Å². The van der Waals surface area contributed by atoms with Crippen LogP contribution < -0.4 is 10.5 Å².